The maximum atomic E-state index is 11.5. The van der Waals surface area contributed by atoms with Crippen LogP contribution in [0.5, 0.6) is 0 Å². The van der Waals surface area contributed by atoms with E-state index in [1.165, 1.54) is 32.2 Å². The van der Waals surface area contributed by atoms with Gasteiger partial charge in [0.25, 0.3) is 0 Å². The van der Waals surface area contributed by atoms with Crippen molar-refractivity contribution in [1.29, 1.82) is 0 Å². The Kier molecular flexibility index (Phi) is 8.10. The lowest BCUT2D eigenvalue weighted by molar-refractivity contribution is 0.139. The fourth-order valence-corrected chi connectivity index (χ4v) is 4.08. The highest BCUT2D eigenvalue weighted by Crippen LogP contribution is 2.17. The Morgan fingerprint density at radius 2 is 2.00 bits per heavy atom. The van der Waals surface area contributed by atoms with E-state index >= 15 is 0 Å². The summed E-state index contributed by atoms with van der Waals surface area (Å²) in [5.41, 5.74) is 1.10. The van der Waals surface area contributed by atoms with E-state index in [0.29, 0.717) is 10.9 Å². The van der Waals surface area contributed by atoms with Crippen LogP contribution in [0.25, 0.3) is 0 Å². The number of likely N-dealkylation sites (tertiary alicyclic amines) is 1. The van der Waals surface area contributed by atoms with E-state index in [-0.39, 0.29) is 0 Å². The molecule has 0 amide bonds. The Hall–Kier alpha value is -1.60. The van der Waals surface area contributed by atoms with Gasteiger partial charge in [-0.2, -0.15) is 0 Å². The van der Waals surface area contributed by atoms with Crippen LogP contribution in [0.2, 0.25) is 0 Å². The molecule has 7 heteroatoms. The predicted octanol–water partition coefficient (Wildman–Crippen LogP) is 1.92. The molecule has 0 bridgehead atoms. The first-order valence-corrected chi connectivity index (χ1v) is 11.7. The summed E-state index contributed by atoms with van der Waals surface area (Å²) in [6.45, 7) is 8.57. The molecule has 0 aromatic heterocycles. The highest BCUT2D eigenvalue weighted by molar-refractivity contribution is 7.90. The maximum absolute atomic E-state index is 11.5. The zero-order valence-electron chi connectivity index (χ0n) is 17.0. The molecule has 152 valence electrons. The van der Waals surface area contributed by atoms with Gasteiger partial charge in [0.05, 0.1) is 4.90 Å². The molecule has 1 saturated heterocycles. The number of piperidine rings is 1. The quantitative estimate of drug-likeness (QED) is 0.546. The van der Waals surface area contributed by atoms with Gasteiger partial charge in [-0.25, -0.2) is 8.42 Å². The van der Waals surface area contributed by atoms with Crippen molar-refractivity contribution in [2.75, 3.05) is 39.5 Å². The molecule has 0 radical (unpaired) electrons. The molecule has 1 aromatic carbocycles. The molecule has 2 unspecified atom stereocenters. The molecule has 0 aliphatic carbocycles. The van der Waals surface area contributed by atoms with Crippen molar-refractivity contribution in [3.8, 4) is 0 Å². The third-order valence-corrected chi connectivity index (χ3v) is 6.29. The number of hydrogen-bond acceptors (Lipinski definition) is 4. The van der Waals surface area contributed by atoms with Crippen LogP contribution in [0.3, 0.4) is 0 Å². The summed E-state index contributed by atoms with van der Waals surface area (Å²) >= 11 is 0. The monoisotopic (exact) mass is 394 g/mol. The SMILES string of the molecule is CN=C(NCCc1ccc(S(C)(=O)=O)cc1)NCC(C)N1CCCC(C)C1. The van der Waals surface area contributed by atoms with Gasteiger partial charge in [0.2, 0.25) is 0 Å². The minimum Gasteiger partial charge on any atom is -0.356 e. The minimum atomic E-state index is -3.13. The Morgan fingerprint density at radius 1 is 1.30 bits per heavy atom. The van der Waals surface area contributed by atoms with Gasteiger partial charge in [-0.05, 0) is 56.3 Å². The van der Waals surface area contributed by atoms with Gasteiger partial charge in [0, 0.05) is 39.0 Å². The molecule has 1 aliphatic heterocycles. The summed E-state index contributed by atoms with van der Waals surface area (Å²) in [6.07, 6.45) is 4.66. The van der Waals surface area contributed by atoms with Gasteiger partial charge >= 0.3 is 0 Å². The van der Waals surface area contributed by atoms with Crippen LogP contribution in [0.4, 0.5) is 0 Å². The second kappa shape index (κ2) is 10.1. The fraction of sp³-hybridized carbons (Fsp3) is 0.650. The molecule has 1 aliphatic rings. The second-order valence-corrected chi connectivity index (χ2v) is 9.65. The topological polar surface area (TPSA) is 73.8 Å². The predicted molar refractivity (Wildman–Crippen MR) is 112 cm³/mol. The molecule has 27 heavy (non-hydrogen) atoms. The van der Waals surface area contributed by atoms with Gasteiger partial charge in [-0.15, -0.1) is 0 Å². The van der Waals surface area contributed by atoms with E-state index in [2.05, 4.69) is 34.4 Å². The summed E-state index contributed by atoms with van der Waals surface area (Å²) in [5, 5.41) is 6.75. The highest BCUT2D eigenvalue weighted by atomic mass is 32.2. The molecule has 2 rings (SSSR count). The largest absolute Gasteiger partial charge is 0.356 e. The first kappa shape index (κ1) is 21.7. The Labute approximate surface area is 164 Å². The van der Waals surface area contributed by atoms with Gasteiger partial charge in [0.15, 0.2) is 15.8 Å². The van der Waals surface area contributed by atoms with Crippen molar-refractivity contribution in [1.82, 2.24) is 15.5 Å². The fourth-order valence-electron chi connectivity index (χ4n) is 3.45. The molecule has 0 saturated carbocycles. The van der Waals surface area contributed by atoms with Crippen LogP contribution >= 0.6 is 0 Å². The molecule has 2 atom stereocenters. The molecular formula is C20H34N4O2S. The maximum Gasteiger partial charge on any atom is 0.191 e. The van der Waals surface area contributed by atoms with E-state index in [0.717, 1.165) is 37.0 Å². The van der Waals surface area contributed by atoms with Crippen LogP contribution in [0, 0.1) is 5.92 Å². The zero-order chi connectivity index (χ0) is 19.9. The van der Waals surface area contributed by atoms with Crippen molar-refractivity contribution < 1.29 is 8.42 Å². The van der Waals surface area contributed by atoms with Gasteiger partial charge in [0.1, 0.15) is 0 Å². The number of sulfone groups is 1. The second-order valence-electron chi connectivity index (χ2n) is 7.64. The van der Waals surface area contributed by atoms with Crippen LogP contribution < -0.4 is 10.6 Å². The normalized spacial score (nSPS) is 20.3. The summed E-state index contributed by atoms with van der Waals surface area (Å²) in [6, 6.07) is 7.55. The van der Waals surface area contributed by atoms with E-state index < -0.39 is 9.84 Å². The number of nitrogens with zero attached hydrogens (tertiary/aromatic N) is 2. The van der Waals surface area contributed by atoms with E-state index in [9.17, 15) is 8.42 Å². The smallest absolute Gasteiger partial charge is 0.191 e. The molecule has 1 heterocycles. The number of hydrogen-bond donors (Lipinski definition) is 2. The van der Waals surface area contributed by atoms with Crippen molar-refractivity contribution in [2.45, 2.75) is 44.0 Å². The van der Waals surface area contributed by atoms with Crippen molar-refractivity contribution in [3.05, 3.63) is 29.8 Å². The lowest BCUT2D eigenvalue weighted by Crippen LogP contribution is -2.48. The summed E-state index contributed by atoms with van der Waals surface area (Å²) in [4.78, 5) is 7.21. The Bertz CT molecular complexity index is 716. The van der Waals surface area contributed by atoms with Crippen LogP contribution in [0.1, 0.15) is 32.3 Å². The van der Waals surface area contributed by atoms with Crippen LogP contribution in [-0.4, -0.2) is 64.8 Å². The van der Waals surface area contributed by atoms with E-state index in [4.69, 9.17) is 0 Å². The Morgan fingerprint density at radius 3 is 2.59 bits per heavy atom. The molecule has 1 fully saturated rings. The van der Waals surface area contributed by atoms with Gasteiger partial charge in [-0.3, -0.25) is 9.89 Å². The summed E-state index contributed by atoms with van der Waals surface area (Å²) in [7, 11) is -1.35. The summed E-state index contributed by atoms with van der Waals surface area (Å²) in [5.74, 6) is 1.59. The Balaban J connectivity index is 1.74. The van der Waals surface area contributed by atoms with E-state index in [1.54, 1.807) is 19.2 Å². The van der Waals surface area contributed by atoms with Gasteiger partial charge < -0.3 is 10.6 Å². The van der Waals surface area contributed by atoms with Crippen molar-refractivity contribution in [3.63, 3.8) is 0 Å². The molecule has 6 nitrogen and oxygen atoms in total. The first-order chi connectivity index (χ1) is 12.8. The lowest BCUT2D eigenvalue weighted by atomic mass is 9.99. The first-order valence-electron chi connectivity index (χ1n) is 9.77. The van der Waals surface area contributed by atoms with Gasteiger partial charge in [-0.1, -0.05) is 19.1 Å². The number of guanidine groups is 1. The average molecular weight is 395 g/mol. The van der Waals surface area contributed by atoms with E-state index in [1.807, 2.05) is 12.1 Å². The lowest BCUT2D eigenvalue weighted by Gasteiger charge is -2.35. The zero-order valence-corrected chi connectivity index (χ0v) is 17.8. The number of nitrogens with one attached hydrogen (secondary N) is 2. The average Bonchev–Trinajstić information content (AvgIpc) is 2.64. The summed E-state index contributed by atoms with van der Waals surface area (Å²) < 4.78 is 23.0. The minimum absolute atomic E-state index is 0.359. The molecule has 0 spiro atoms. The third-order valence-electron chi connectivity index (χ3n) is 5.16. The number of rotatable bonds is 7. The number of aliphatic imine (C=N–C) groups is 1. The molecule has 2 N–H and O–H groups in total. The third kappa shape index (κ3) is 7.14. The van der Waals surface area contributed by atoms with Crippen molar-refractivity contribution in [2.24, 2.45) is 10.9 Å². The van der Waals surface area contributed by atoms with Crippen molar-refractivity contribution >= 4 is 15.8 Å². The van der Waals surface area contributed by atoms with Crippen LogP contribution in [0.15, 0.2) is 34.2 Å². The van der Waals surface area contributed by atoms with Crippen LogP contribution in [-0.2, 0) is 16.3 Å². The molecular weight excluding hydrogens is 360 g/mol. The molecule has 1 aromatic rings. The highest BCUT2D eigenvalue weighted by Gasteiger charge is 2.20. The number of benzene rings is 1. The standard InChI is InChI=1S/C20H34N4O2S/c1-16-6-5-13-24(15-16)17(2)14-23-20(21-3)22-12-11-18-7-9-19(10-8-18)27(4,25)26/h7-10,16-17H,5-6,11-15H2,1-4H3,(H2,21,22,23).